The fourth-order valence-corrected chi connectivity index (χ4v) is 2.55. The van der Waals surface area contributed by atoms with Crippen molar-refractivity contribution >= 4 is 11.3 Å². The summed E-state index contributed by atoms with van der Waals surface area (Å²) in [7, 11) is 0. The number of thiazole rings is 1. The van der Waals surface area contributed by atoms with E-state index in [1.54, 1.807) is 13.0 Å². The lowest BCUT2D eigenvalue weighted by atomic mass is 10.0. The van der Waals surface area contributed by atoms with E-state index in [2.05, 4.69) is 4.98 Å². The van der Waals surface area contributed by atoms with Crippen LogP contribution in [0.4, 0.5) is 4.39 Å². The number of halogens is 1. The van der Waals surface area contributed by atoms with Crippen molar-refractivity contribution in [3.8, 4) is 11.3 Å². The highest BCUT2D eigenvalue weighted by molar-refractivity contribution is 7.10. The van der Waals surface area contributed by atoms with Gasteiger partial charge in [-0.25, -0.2) is 9.37 Å². The largest absolute Gasteiger partial charge is 0.320 e. The molecule has 0 bridgehead atoms. The maximum atomic E-state index is 13.5. The number of aryl methyl sites for hydroxylation is 1. The van der Waals surface area contributed by atoms with Gasteiger partial charge in [0.1, 0.15) is 10.8 Å². The van der Waals surface area contributed by atoms with E-state index in [1.165, 1.54) is 17.4 Å². The van der Waals surface area contributed by atoms with Gasteiger partial charge in [0.2, 0.25) is 0 Å². The first-order valence-electron chi connectivity index (χ1n) is 5.95. The normalized spacial score (nSPS) is 14.5. The first-order valence-corrected chi connectivity index (χ1v) is 6.83. The van der Waals surface area contributed by atoms with Crippen molar-refractivity contribution in [2.24, 2.45) is 5.73 Å². The Kier molecular flexibility index (Phi) is 3.50. The smallest absolute Gasteiger partial charge is 0.126 e. The molecule has 0 radical (unpaired) electrons. The molecule has 0 spiro atoms. The number of aromatic nitrogens is 1. The molecule has 1 heterocycles. The summed E-state index contributed by atoms with van der Waals surface area (Å²) in [5.41, 5.74) is 7.98. The van der Waals surface area contributed by atoms with E-state index in [1.807, 2.05) is 25.3 Å². The van der Waals surface area contributed by atoms with E-state index >= 15 is 0 Å². The van der Waals surface area contributed by atoms with E-state index in [9.17, 15) is 4.39 Å². The van der Waals surface area contributed by atoms with Gasteiger partial charge in [-0.1, -0.05) is 19.1 Å². The highest BCUT2D eigenvalue weighted by atomic mass is 32.1. The molecule has 2 aromatic rings. The van der Waals surface area contributed by atoms with Gasteiger partial charge in [0.15, 0.2) is 0 Å². The van der Waals surface area contributed by atoms with Gasteiger partial charge in [-0.3, -0.25) is 0 Å². The van der Waals surface area contributed by atoms with Gasteiger partial charge in [-0.2, -0.15) is 0 Å². The summed E-state index contributed by atoms with van der Waals surface area (Å²) in [5.74, 6) is -0.201. The van der Waals surface area contributed by atoms with Crippen molar-refractivity contribution in [3.63, 3.8) is 0 Å². The molecule has 2 nitrogen and oxygen atoms in total. The lowest BCUT2D eigenvalue weighted by molar-refractivity contribution is 0.474. The van der Waals surface area contributed by atoms with Crippen LogP contribution in [-0.2, 0) is 5.54 Å². The zero-order valence-corrected chi connectivity index (χ0v) is 11.6. The Morgan fingerprint density at radius 1 is 1.44 bits per heavy atom. The SMILES string of the molecule is CCC(C)(N)c1nc(-c2ccc(C)c(F)c2)cs1. The Bertz CT molecular complexity index is 561. The second-order valence-corrected chi connectivity index (χ2v) is 5.63. The molecule has 1 unspecified atom stereocenters. The van der Waals surface area contributed by atoms with Crippen molar-refractivity contribution in [3.05, 3.63) is 40.0 Å². The fraction of sp³-hybridized carbons (Fsp3) is 0.357. The molecule has 0 fully saturated rings. The van der Waals surface area contributed by atoms with Crippen LogP contribution in [0.2, 0.25) is 0 Å². The lowest BCUT2D eigenvalue weighted by Crippen LogP contribution is -2.31. The molecule has 1 atom stereocenters. The fourth-order valence-electron chi connectivity index (χ4n) is 1.57. The summed E-state index contributed by atoms with van der Waals surface area (Å²) in [6.45, 7) is 5.75. The summed E-state index contributed by atoms with van der Waals surface area (Å²) in [6.07, 6.45) is 0.822. The molecule has 0 aliphatic carbocycles. The topological polar surface area (TPSA) is 38.9 Å². The third-order valence-electron chi connectivity index (χ3n) is 3.19. The van der Waals surface area contributed by atoms with Gasteiger partial charge in [0, 0.05) is 10.9 Å². The van der Waals surface area contributed by atoms with Gasteiger partial charge in [-0.05, 0) is 31.9 Å². The van der Waals surface area contributed by atoms with E-state index in [0.717, 1.165) is 22.7 Å². The Hall–Kier alpha value is -1.26. The lowest BCUT2D eigenvalue weighted by Gasteiger charge is -2.18. The summed E-state index contributed by atoms with van der Waals surface area (Å²) < 4.78 is 13.5. The maximum Gasteiger partial charge on any atom is 0.126 e. The third-order valence-corrected chi connectivity index (χ3v) is 4.32. The molecule has 0 aliphatic heterocycles. The van der Waals surface area contributed by atoms with Crippen LogP contribution >= 0.6 is 11.3 Å². The first kappa shape index (κ1) is 13.2. The zero-order chi connectivity index (χ0) is 13.3. The van der Waals surface area contributed by atoms with Crippen LogP contribution in [-0.4, -0.2) is 4.98 Å². The van der Waals surface area contributed by atoms with Crippen LogP contribution in [0.15, 0.2) is 23.6 Å². The van der Waals surface area contributed by atoms with Crippen molar-refractivity contribution < 1.29 is 4.39 Å². The predicted molar refractivity (Wildman–Crippen MR) is 74.1 cm³/mol. The number of nitrogens with zero attached hydrogens (tertiary/aromatic N) is 1. The number of hydrogen-bond acceptors (Lipinski definition) is 3. The molecule has 0 saturated carbocycles. The minimum Gasteiger partial charge on any atom is -0.320 e. The molecule has 1 aromatic heterocycles. The van der Waals surface area contributed by atoms with E-state index in [4.69, 9.17) is 5.73 Å². The highest BCUT2D eigenvalue weighted by Gasteiger charge is 2.22. The van der Waals surface area contributed by atoms with Crippen molar-refractivity contribution in [1.82, 2.24) is 4.98 Å². The van der Waals surface area contributed by atoms with Crippen LogP contribution in [0.3, 0.4) is 0 Å². The number of rotatable bonds is 3. The van der Waals surface area contributed by atoms with E-state index < -0.39 is 5.54 Å². The van der Waals surface area contributed by atoms with Crippen molar-refractivity contribution in [2.75, 3.05) is 0 Å². The average molecular weight is 264 g/mol. The van der Waals surface area contributed by atoms with E-state index in [0.29, 0.717) is 5.56 Å². The Labute approximate surface area is 111 Å². The van der Waals surface area contributed by atoms with Crippen LogP contribution in [0, 0.1) is 12.7 Å². The zero-order valence-electron chi connectivity index (χ0n) is 10.8. The van der Waals surface area contributed by atoms with Gasteiger partial charge in [-0.15, -0.1) is 11.3 Å². The predicted octanol–water partition coefficient (Wildman–Crippen LogP) is 3.84. The summed E-state index contributed by atoms with van der Waals surface area (Å²) >= 11 is 1.53. The van der Waals surface area contributed by atoms with Gasteiger partial charge < -0.3 is 5.73 Å². The minimum atomic E-state index is -0.411. The number of hydrogen-bond donors (Lipinski definition) is 1. The van der Waals surface area contributed by atoms with E-state index in [-0.39, 0.29) is 5.82 Å². The molecule has 1 aromatic carbocycles. The summed E-state index contributed by atoms with van der Waals surface area (Å²) in [6, 6.07) is 5.18. The third kappa shape index (κ3) is 2.44. The summed E-state index contributed by atoms with van der Waals surface area (Å²) in [4.78, 5) is 4.52. The van der Waals surface area contributed by atoms with Gasteiger partial charge >= 0.3 is 0 Å². The molecular formula is C14H17FN2S. The molecule has 18 heavy (non-hydrogen) atoms. The first-order chi connectivity index (χ1) is 8.44. The average Bonchev–Trinajstić information content (AvgIpc) is 2.83. The Morgan fingerprint density at radius 2 is 2.17 bits per heavy atom. The van der Waals surface area contributed by atoms with Gasteiger partial charge in [0.05, 0.1) is 11.2 Å². The molecule has 0 saturated heterocycles. The highest BCUT2D eigenvalue weighted by Crippen LogP contribution is 2.29. The molecule has 0 aliphatic rings. The molecule has 2 rings (SSSR count). The molecule has 0 amide bonds. The second kappa shape index (κ2) is 4.78. The monoisotopic (exact) mass is 264 g/mol. The quantitative estimate of drug-likeness (QED) is 0.914. The van der Waals surface area contributed by atoms with Crippen molar-refractivity contribution in [1.29, 1.82) is 0 Å². The van der Waals surface area contributed by atoms with Gasteiger partial charge in [0.25, 0.3) is 0 Å². The van der Waals surface area contributed by atoms with Crippen LogP contribution < -0.4 is 5.73 Å². The van der Waals surface area contributed by atoms with Crippen LogP contribution in [0.1, 0.15) is 30.8 Å². The molecule has 2 N–H and O–H groups in total. The Morgan fingerprint density at radius 3 is 2.78 bits per heavy atom. The minimum absolute atomic E-state index is 0.201. The maximum absolute atomic E-state index is 13.5. The standard InChI is InChI=1S/C14H17FN2S/c1-4-14(3,16)13-17-12(8-18-13)10-6-5-9(2)11(15)7-10/h5-8H,4,16H2,1-3H3. The number of benzene rings is 1. The second-order valence-electron chi connectivity index (χ2n) is 4.77. The summed E-state index contributed by atoms with van der Waals surface area (Å²) in [5, 5.41) is 2.82. The Balaban J connectivity index is 2.38. The molecule has 4 heteroatoms. The molecular weight excluding hydrogens is 247 g/mol. The number of nitrogens with two attached hydrogens (primary N) is 1. The van der Waals surface area contributed by atoms with Crippen molar-refractivity contribution in [2.45, 2.75) is 32.7 Å². The van der Waals surface area contributed by atoms with Crippen LogP contribution in [0.5, 0.6) is 0 Å². The van der Waals surface area contributed by atoms with Crippen LogP contribution in [0.25, 0.3) is 11.3 Å². The molecule has 96 valence electrons.